The molecule has 3 aliphatic heterocycles. The third-order valence-electron chi connectivity index (χ3n) is 5.85. The van der Waals surface area contributed by atoms with Crippen molar-refractivity contribution in [2.45, 2.75) is 38.0 Å². The molecular weight excluding hydrogens is 290 g/mol. The SMILES string of the molecule is CC(C)N1C[C@@H]2COCCN2C2(CN(Cc3cncn3C)C2)C1. The third-order valence-corrected chi connectivity index (χ3v) is 5.85. The molecule has 0 saturated carbocycles. The predicted octanol–water partition coefficient (Wildman–Crippen LogP) is 0.399. The van der Waals surface area contributed by atoms with Gasteiger partial charge in [-0.05, 0) is 13.8 Å². The minimum atomic E-state index is 0.329. The average Bonchev–Trinajstić information content (AvgIpc) is 2.90. The number of likely N-dealkylation sites (tertiary alicyclic amines) is 1. The molecule has 0 aliphatic carbocycles. The number of morpholine rings is 1. The van der Waals surface area contributed by atoms with E-state index in [1.54, 1.807) is 0 Å². The first-order valence-electron chi connectivity index (χ1n) is 8.83. The lowest BCUT2D eigenvalue weighted by molar-refractivity contribution is -0.171. The monoisotopic (exact) mass is 319 g/mol. The quantitative estimate of drug-likeness (QED) is 0.806. The average molecular weight is 319 g/mol. The highest BCUT2D eigenvalue weighted by Crippen LogP contribution is 2.36. The summed E-state index contributed by atoms with van der Waals surface area (Å²) >= 11 is 0. The van der Waals surface area contributed by atoms with E-state index >= 15 is 0 Å². The number of imidazole rings is 1. The summed E-state index contributed by atoms with van der Waals surface area (Å²) in [6.07, 6.45) is 3.88. The largest absolute Gasteiger partial charge is 0.378 e. The Morgan fingerprint density at radius 3 is 2.87 bits per heavy atom. The summed E-state index contributed by atoms with van der Waals surface area (Å²) in [6.45, 7) is 13.2. The summed E-state index contributed by atoms with van der Waals surface area (Å²) in [5, 5.41) is 0. The molecule has 1 aromatic rings. The van der Waals surface area contributed by atoms with Crippen molar-refractivity contribution in [3.05, 3.63) is 18.2 Å². The van der Waals surface area contributed by atoms with Crippen LogP contribution in [-0.4, -0.2) is 87.8 Å². The number of hydrogen-bond donors (Lipinski definition) is 0. The Morgan fingerprint density at radius 1 is 1.35 bits per heavy atom. The van der Waals surface area contributed by atoms with E-state index in [0.29, 0.717) is 17.6 Å². The zero-order valence-electron chi connectivity index (χ0n) is 14.6. The van der Waals surface area contributed by atoms with Crippen LogP contribution >= 0.6 is 0 Å². The first-order chi connectivity index (χ1) is 11.1. The Labute approximate surface area is 139 Å². The number of aryl methyl sites for hydroxylation is 1. The molecule has 0 radical (unpaired) electrons. The van der Waals surface area contributed by atoms with Crippen LogP contribution in [0.5, 0.6) is 0 Å². The van der Waals surface area contributed by atoms with Gasteiger partial charge in [0.15, 0.2) is 0 Å². The second-order valence-corrected chi connectivity index (χ2v) is 7.81. The molecular formula is C17H29N5O. The van der Waals surface area contributed by atoms with Crippen LogP contribution in [0.3, 0.4) is 0 Å². The maximum absolute atomic E-state index is 5.76. The van der Waals surface area contributed by atoms with Gasteiger partial charge in [0.1, 0.15) is 0 Å². The third kappa shape index (κ3) is 2.71. The molecule has 0 N–H and O–H groups in total. The summed E-state index contributed by atoms with van der Waals surface area (Å²) in [6, 6.07) is 1.18. The standard InChI is InChI=1S/C17H29N5O/c1-14(2)21-8-16-9-23-5-4-22(16)17(12-21)10-20(11-17)7-15-6-18-13-19(15)3/h6,13-14,16H,4-5,7-12H2,1-3H3/t16-/m1/s1. The second kappa shape index (κ2) is 5.84. The van der Waals surface area contributed by atoms with Gasteiger partial charge in [-0.1, -0.05) is 0 Å². The molecule has 0 aromatic carbocycles. The van der Waals surface area contributed by atoms with E-state index in [9.17, 15) is 0 Å². The molecule has 23 heavy (non-hydrogen) atoms. The van der Waals surface area contributed by atoms with Crippen LogP contribution in [0.15, 0.2) is 12.5 Å². The van der Waals surface area contributed by atoms with Crippen molar-refractivity contribution in [1.29, 1.82) is 0 Å². The summed E-state index contributed by atoms with van der Waals surface area (Å²) < 4.78 is 7.89. The summed E-state index contributed by atoms with van der Waals surface area (Å²) in [5.41, 5.74) is 1.63. The lowest BCUT2D eigenvalue weighted by atomic mass is 9.82. The van der Waals surface area contributed by atoms with Crippen LogP contribution in [0.1, 0.15) is 19.5 Å². The molecule has 4 heterocycles. The summed E-state index contributed by atoms with van der Waals surface area (Å²) in [7, 11) is 2.08. The molecule has 3 aliphatic rings. The Kier molecular flexibility index (Phi) is 3.96. The lowest BCUT2D eigenvalue weighted by Crippen LogP contribution is -2.80. The highest BCUT2D eigenvalue weighted by atomic mass is 16.5. The van der Waals surface area contributed by atoms with Gasteiger partial charge in [-0.25, -0.2) is 4.98 Å². The molecule has 6 heteroatoms. The van der Waals surface area contributed by atoms with Crippen molar-refractivity contribution in [3.8, 4) is 0 Å². The maximum Gasteiger partial charge on any atom is 0.0945 e. The predicted molar refractivity (Wildman–Crippen MR) is 89.2 cm³/mol. The van der Waals surface area contributed by atoms with Crippen molar-refractivity contribution >= 4 is 0 Å². The smallest absolute Gasteiger partial charge is 0.0945 e. The van der Waals surface area contributed by atoms with Gasteiger partial charge in [-0.15, -0.1) is 0 Å². The fourth-order valence-electron chi connectivity index (χ4n) is 4.57. The van der Waals surface area contributed by atoms with E-state index in [2.05, 4.69) is 45.1 Å². The van der Waals surface area contributed by atoms with Crippen molar-refractivity contribution < 1.29 is 4.74 Å². The Bertz CT molecular complexity index is 551. The van der Waals surface area contributed by atoms with E-state index in [0.717, 1.165) is 45.9 Å². The van der Waals surface area contributed by atoms with Gasteiger partial charge in [0.05, 0.1) is 30.8 Å². The topological polar surface area (TPSA) is 36.8 Å². The number of aromatic nitrogens is 2. The molecule has 3 fully saturated rings. The molecule has 1 atom stereocenters. The number of piperazine rings is 1. The molecule has 6 nitrogen and oxygen atoms in total. The van der Waals surface area contributed by atoms with Gasteiger partial charge in [-0.3, -0.25) is 14.7 Å². The van der Waals surface area contributed by atoms with Crippen LogP contribution in [0.4, 0.5) is 0 Å². The molecule has 3 saturated heterocycles. The van der Waals surface area contributed by atoms with Crippen molar-refractivity contribution in [3.63, 3.8) is 0 Å². The number of rotatable bonds is 3. The highest BCUT2D eigenvalue weighted by molar-refractivity contribution is 5.13. The van der Waals surface area contributed by atoms with E-state index in [1.807, 2.05) is 12.5 Å². The minimum absolute atomic E-state index is 0.329. The maximum atomic E-state index is 5.76. The summed E-state index contributed by atoms with van der Waals surface area (Å²) in [5.74, 6) is 0. The number of nitrogens with zero attached hydrogens (tertiary/aromatic N) is 5. The molecule has 0 bridgehead atoms. The minimum Gasteiger partial charge on any atom is -0.378 e. The molecule has 0 unspecified atom stereocenters. The van der Waals surface area contributed by atoms with Crippen LogP contribution in [-0.2, 0) is 18.3 Å². The number of fused-ring (bicyclic) bond motifs is 2. The van der Waals surface area contributed by atoms with Gasteiger partial charge in [0, 0.05) is 64.6 Å². The molecule has 4 rings (SSSR count). The van der Waals surface area contributed by atoms with Gasteiger partial charge < -0.3 is 9.30 Å². The van der Waals surface area contributed by atoms with Gasteiger partial charge >= 0.3 is 0 Å². The Hall–Kier alpha value is -0.950. The van der Waals surface area contributed by atoms with Crippen LogP contribution in [0, 0.1) is 0 Å². The van der Waals surface area contributed by atoms with Gasteiger partial charge in [0.25, 0.3) is 0 Å². The second-order valence-electron chi connectivity index (χ2n) is 7.81. The van der Waals surface area contributed by atoms with Crippen molar-refractivity contribution in [1.82, 2.24) is 24.3 Å². The summed E-state index contributed by atoms with van der Waals surface area (Å²) in [4.78, 5) is 12.2. The number of ether oxygens (including phenoxy) is 1. The molecule has 1 spiro atoms. The van der Waals surface area contributed by atoms with Gasteiger partial charge in [0.2, 0.25) is 0 Å². The first-order valence-corrected chi connectivity index (χ1v) is 8.83. The van der Waals surface area contributed by atoms with Crippen LogP contribution in [0.2, 0.25) is 0 Å². The zero-order chi connectivity index (χ0) is 16.0. The van der Waals surface area contributed by atoms with Crippen molar-refractivity contribution in [2.75, 3.05) is 45.9 Å². The van der Waals surface area contributed by atoms with Crippen molar-refractivity contribution in [2.24, 2.45) is 7.05 Å². The van der Waals surface area contributed by atoms with Crippen LogP contribution < -0.4 is 0 Å². The molecule has 1 aromatic heterocycles. The normalized spacial score (nSPS) is 29.0. The highest BCUT2D eigenvalue weighted by Gasteiger charge is 2.54. The number of hydrogen-bond acceptors (Lipinski definition) is 5. The first kappa shape index (κ1) is 15.6. The van der Waals surface area contributed by atoms with Crippen LogP contribution in [0.25, 0.3) is 0 Å². The van der Waals surface area contributed by atoms with E-state index in [4.69, 9.17) is 4.74 Å². The zero-order valence-corrected chi connectivity index (χ0v) is 14.6. The Morgan fingerprint density at radius 2 is 2.17 bits per heavy atom. The fraction of sp³-hybridized carbons (Fsp3) is 0.824. The van der Waals surface area contributed by atoms with E-state index < -0.39 is 0 Å². The Balaban J connectivity index is 1.47. The molecule has 0 amide bonds. The molecule has 128 valence electrons. The van der Waals surface area contributed by atoms with E-state index in [1.165, 1.54) is 12.2 Å². The fourth-order valence-corrected chi connectivity index (χ4v) is 4.57. The lowest BCUT2D eigenvalue weighted by Gasteiger charge is -2.64. The van der Waals surface area contributed by atoms with E-state index in [-0.39, 0.29) is 0 Å². The van der Waals surface area contributed by atoms with Gasteiger partial charge in [-0.2, -0.15) is 0 Å².